The van der Waals surface area contributed by atoms with Gasteiger partial charge in [-0.2, -0.15) is 0 Å². The zero-order valence-corrected chi connectivity index (χ0v) is 18.8. The molecule has 5 heteroatoms. The summed E-state index contributed by atoms with van der Waals surface area (Å²) in [5, 5.41) is 3.04. The minimum absolute atomic E-state index is 0.0273. The second-order valence-electron chi connectivity index (χ2n) is 8.15. The number of carbonyl (C=O) groups excluding carboxylic acids is 1. The normalized spacial score (nSPS) is 11.3. The van der Waals surface area contributed by atoms with Crippen LogP contribution in [0.25, 0.3) is 21.3 Å². The zero-order chi connectivity index (χ0) is 21.8. The first-order valence-electron chi connectivity index (χ1n) is 10.5. The number of hydrogen-bond acceptors (Lipinski definition) is 5. The topological polar surface area (TPSA) is 59.2 Å². The molecule has 4 rings (SSSR count). The number of benzene rings is 2. The molecule has 0 unspecified atom stereocenters. The van der Waals surface area contributed by atoms with Gasteiger partial charge in [0.2, 0.25) is 0 Å². The van der Waals surface area contributed by atoms with Crippen molar-refractivity contribution in [2.45, 2.75) is 19.3 Å². The minimum atomic E-state index is 0.0273. The molecule has 2 heterocycles. The van der Waals surface area contributed by atoms with Crippen molar-refractivity contribution in [1.29, 1.82) is 0 Å². The molecule has 0 spiro atoms. The highest BCUT2D eigenvalue weighted by Gasteiger charge is 2.12. The summed E-state index contributed by atoms with van der Waals surface area (Å²) in [5.74, 6) is 0.0273. The molecule has 0 bridgehead atoms. The molecular weight excluding hydrogens is 402 g/mol. The van der Waals surface area contributed by atoms with Crippen LogP contribution in [0.3, 0.4) is 0 Å². The predicted octanol–water partition coefficient (Wildman–Crippen LogP) is 5.47. The van der Waals surface area contributed by atoms with Gasteiger partial charge in [-0.3, -0.25) is 9.78 Å². The van der Waals surface area contributed by atoms with Crippen LogP contribution >= 0.6 is 11.3 Å². The van der Waals surface area contributed by atoms with Gasteiger partial charge in [-0.15, -0.1) is 11.3 Å². The lowest BCUT2D eigenvalue weighted by molar-refractivity contribution is 0.0993. The molecule has 2 N–H and O–H groups in total. The SMILES string of the molecule is CN(C)CCCc1ccc2cc(C(=O)Cc3cc(-c4cccs4)ccc3N)cnc2c1. The number of pyridine rings is 1. The van der Waals surface area contributed by atoms with E-state index >= 15 is 0 Å². The average molecular weight is 430 g/mol. The molecular formula is C26H27N3OS. The van der Waals surface area contributed by atoms with Gasteiger partial charge in [-0.05, 0) is 85.9 Å². The number of Topliss-reactive ketones (excluding diaryl/α,β-unsaturated/α-hetero) is 1. The lowest BCUT2D eigenvalue weighted by atomic mass is 9.99. The Morgan fingerprint density at radius 1 is 1.10 bits per heavy atom. The summed E-state index contributed by atoms with van der Waals surface area (Å²) in [6.45, 7) is 1.07. The number of nitrogen functional groups attached to an aromatic ring is 1. The molecule has 2 aromatic carbocycles. The van der Waals surface area contributed by atoms with Crippen molar-refractivity contribution in [3.8, 4) is 10.4 Å². The van der Waals surface area contributed by atoms with Gasteiger partial charge in [0.25, 0.3) is 0 Å². The number of carbonyl (C=O) groups is 1. The molecule has 0 saturated carbocycles. The second kappa shape index (κ2) is 9.41. The number of hydrogen-bond donors (Lipinski definition) is 1. The van der Waals surface area contributed by atoms with Crippen LogP contribution in [-0.2, 0) is 12.8 Å². The molecule has 0 fully saturated rings. The van der Waals surface area contributed by atoms with Crippen LogP contribution in [0.5, 0.6) is 0 Å². The van der Waals surface area contributed by atoms with Gasteiger partial charge in [0.1, 0.15) is 0 Å². The number of anilines is 1. The lowest BCUT2D eigenvalue weighted by Crippen LogP contribution is -2.13. The smallest absolute Gasteiger partial charge is 0.168 e. The van der Waals surface area contributed by atoms with Crippen molar-refractivity contribution < 1.29 is 4.79 Å². The van der Waals surface area contributed by atoms with Gasteiger partial charge in [0.15, 0.2) is 5.78 Å². The molecule has 0 aliphatic carbocycles. The van der Waals surface area contributed by atoms with Crippen LogP contribution in [0.2, 0.25) is 0 Å². The van der Waals surface area contributed by atoms with Crippen molar-refractivity contribution in [1.82, 2.24) is 9.88 Å². The van der Waals surface area contributed by atoms with E-state index in [1.807, 2.05) is 35.7 Å². The van der Waals surface area contributed by atoms with Gasteiger partial charge >= 0.3 is 0 Å². The number of aromatic nitrogens is 1. The third-order valence-electron chi connectivity index (χ3n) is 5.44. The predicted molar refractivity (Wildman–Crippen MR) is 131 cm³/mol. The molecule has 2 aromatic heterocycles. The second-order valence-corrected chi connectivity index (χ2v) is 9.10. The zero-order valence-electron chi connectivity index (χ0n) is 18.0. The van der Waals surface area contributed by atoms with Crippen molar-refractivity contribution in [2.75, 3.05) is 26.4 Å². The molecule has 0 aliphatic rings. The van der Waals surface area contributed by atoms with E-state index in [9.17, 15) is 4.79 Å². The Bertz CT molecular complexity index is 1200. The summed E-state index contributed by atoms with van der Waals surface area (Å²) in [4.78, 5) is 20.9. The number of fused-ring (bicyclic) bond motifs is 1. The fourth-order valence-corrected chi connectivity index (χ4v) is 4.43. The van der Waals surface area contributed by atoms with Gasteiger partial charge < -0.3 is 10.6 Å². The summed E-state index contributed by atoms with van der Waals surface area (Å²) < 4.78 is 0. The van der Waals surface area contributed by atoms with E-state index in [0.29, 0.717) is 11.3 Å². The van der Waals surface area contributed by atoms with E-state index in [1.165, 1.54) is 10.4 Å². The number of thiophene rings is 1. The van der Waals surface area contributed by atoms with E-state index in [1.54, 1.807) is 17.5 Å². The van der Waals surface area contributed by atoms with Crippen LogP contribution in [-0.4, -0.2) is 36.3 Å². The van der Waals surface area contributed by atoms with Crippen LogP contribution in [0.1, 0.15) is 27.9 Å². The summed E-state index contributed by atoms with van der Waals surface area (Å²) in [7, 11) is 4.18. The van der Waals surface area contributed by atoms with Crippen molar-refractivity contribution in [3.05, 3.63) is 82.9 Å². The van der Waals surface area contributed by atoms with Gasteiger partial charge in [-0.1, -0.05) is 24.3 Å². The van der Waals surface area contributed by atoms with Gasteiger partial charge in [0, 0.05) is 34.1 Å². The first kappa shape index (κ1) is 21.2. The molecule has 0 aliphatic heterocycles. The number of ketones is 1. The van der Waals surface area contributed by atoms with E-state index in [4.69, 9.17) is 5.73 Å². The number of aryl methyl sites for hydroxylation is 1. The third-order valence-corrected chi connectivity index (χ3v) is 6.36. The fraction of sp³-hybridized carbons (Fsp3) is 0.231. The maximum Gasteiger partial charge on any atom is 0.168 e. The Kier molecular flexibility index (Phi) is 6.44. The van der Waals surface area contributed by atoms with Crippen LogP contribution in [0, 0.1) is 0 Å². The Hall–Kier alpha value is -3.02. The molecule has 4 nitrogen and oxygen atoms in total. The average Bonchev–Trinajstić information content (AvgIpc) is 3.29. The largest absolute Gasteiger partial charge is 0.398 e. The number of nitrogens with two attached hydrogens (primary N) is 1. The van der Waals surface area contributed by atoms with Crippen LogP contribution < -0.4 is 5.73 Å². The number of rotatable bonds is 8. The fourth-order valence-electron chi connectivity index (χ4n) is 3.70. The standard InChI is InChI=1S/C26H27N3OS/c1-29(2)11-3-5-18-7-8-19-14-22(17-28-24(19)13-18)25(30)16-21-15-20(9-10-23(21)27)26-6-4-12-31-26/h4,6-10,12-15,17H,3,5,11,16,27H2,1-2H3. The summed E-state index contributed by atoms with van der Waals surface area (Å²) >= 11 is 1.68. The first-order chi connectivity index (χ1) is 15.0. The Morgan fingerprint density at radius 2 is 1.97 bits per heavy atom. The lowest BCUT2D eigenvalue weighted by Gasteiger charge is -2.10. The molecule has 31 heavy (non-hydrogen) atoms. The maximum absolute atomic E-state index is 13.0. The van der Waals surface area contributed by atoms with Crippen LogP contribution in [0.4, 0.5) is 5.69 Å². The molecule has 4 aromatic rings. The minimum Gasteiger partial charge on any atom is -0.398 e. The molecule has 0 saturated heterocycles. The Labute approximate surface area is 187 Å². The van der Waals surface area contributed by atoms with E-state index in [0.717, 1.165) is 41.4 Å². The van der Waals surface area contributed by atoms with Crippen LogP contribution in [0.15, 0.2) is 66.2 Å². The van der Waals surface area contributed by atoms with Crippen molar-refractivity contribution in [3.63, 3.8) is 0 Å². The Balaban J connectivity index is 1.51. The summed E-state index contributed by atoms with van der Waals surface area (Å²) in [6, 6.07) is 18.3. The van der Waals surface area contributed by atoms with Gasteiger partial charge in [0.05, 0.1) is 5.52 Å². The summed E-state index contributed by atoms with van der Waals surface area (Å²) in [5.41, 5.74) is 11.6. The quantitative estimate of drug-likeness (QED) is 0.298. The monoisotopic (exact) mass is 429 g/mol. The highest BCUT2D eigenvalue weighted by atomic mass is 32.1. The van der Waals surface area contributed by atoms with E-state index in [-0.39, 0.29) is 12.2 Å². The molecule has 0 atom stereocenters. The Morgan fingerprint density at radius 3 is 2.74 bits per heavy atom. The number of nitrogens with zero attached hydrogens (tertiary/aromatic N) is 2. The highest BCUT2D eigenvalue weighted by Crippen LogP contribution is 2.28. The molecule has 158 valence electrons. The molecule has 0 amide bonds. The highest BCUT2D eigenvalue weighted by molar-refractivity contribution is 7.13. The van der Waals surface area contributed by atoms with Crippen molar-refractivity contribution in [2.24, 2.45) is 0 Å². The first-order valence-corrected chi connectivity index (χ1v) is 11.4. The molecule has 0 radical (unpaired) electrons. The summed E-state index contributed by atoms with van der Waals surface area (Å²) in [6.07, 6.45) is 4.09. The van der Waals surface area contributed by atoms with E-state index in [2.05, 4.69) is 48.2 Å². The van der Waals surface area contributed by atoms with E-state index < -0.39 is 0 Å². The van der Waals surface area contributed by atoms with Crippen molar-refractivity contribution >= 4 is 33.7 Å². The third kappa shape index (κ3) is 5.19. The van der Waals surface area contributed by atoms with Gasteiger partial charge in [-0.25, -0.2) is 0 Å². The maximum atomic E-state index is 13.0.